The Bertz CT molecular complexity index is 1050. The number of nitrogens with two attached hydrogens (primary N) is 1. The van der Waals surface area contributed by atoms with Crippen LogP contribution in [0.25, 0.3) is 0 Å². The lowest BCUT2D eigenvalue weighted by atomic mass is 10.2. The van der Waals surface area contributed by atoms with Gasteiger partial charge in [-0.25, -0.2) is 4.79 Å². The van der Waals surface area contributed by atoms with Crippen LogP contribution in [0.1, 0.15) is 33.3 Å². The largest absolute Gasteiger partial charge is 0.484 e. The molecule has 0 aliphatic rings. The van der Waals surface area contributed by atoms with Crippen molar-refractivity contribution in [2.75, 3.05) is 23.8 Å². The van der Waals surface area contributed by atoms with Crippen LogP contribution < -0.4 is 26.6 Å². The molecule has 1 heterocycles. The predicted molar refractivity (Wildman–Crippen MR) is 114 cm³/mol. The zero-order valence-corrected chi connectivity index (χ0v) is 17.6. The van der Waals surface area contributed by atoms with E-state index >= 15 is 0 Å². The van der Waals surface area contributed by atoms with E-state index in [1.807, 2.05) is 33.8 Å². The Balaban J connectivity index is 2.36. The fourth-order valence-electron chi connectivity index (χ4n) is 2.92. The fourth-order valence-corrected chi connectivity index (χ4v) is 2.92. The van der Waals surface area contributed by atoms with E-state index in [1.165, 1.54) is 9.47 Å². The van der Waals surface area contributed by atoms with Crippen molar-refractivity contribution >= 4 is 17.4 Å². The second kappa shape index (κ2) is 9.78. The Hall–Kier alpha value is -3.54. The van der Waals surface area contributed by atoms with Gasteiger partial charge >= 0.3 is 5.69 Å². The van der Waals surface area contributed by atoms with Gasteiger partial charge in [-0.15, -0.1) is 0 Å². The van der Waals surface area contributed by atoms with Crippen molar-refractivity contribution in [1.29, 1.82) is 5.26 Å². The first kappa shape index (κ1) is 22.7. The topological polar surface area (TPSA) is 134 Å². The molecule has 1 aromatic heterocycles. The van der Waals surface area contributed by atoms with Gasteiger partial charge in [-0.05, 0) is 36.1 Å². The molecule has 1 amide bonds. The van der Waals surface area contributed by atoms with Crippen LogP contribution in [-0.2, 0) is 11.3 Å². The van der Waals surface area contributed by atoms with Crippen LogP contribution in [0.2, 0.25) is 0 Å². The summed E-state index contributed by atoms with van der Waals surface area (Å²) in [7, 11) is 0. The number of rotatable bonds is 8. The number of nitriles is 1. The molecule has 1 aromatic carbocycles. The normalized spacial score (nSPS) is 10.8. The Morgan fingerprint density at radius 1 is 1.20 bits per heavy atom. The lowest BCUT2D eigenvalue weighted by Crippen LogP contribution is -2.44. The summed E-state index contributed by atoms with van der Waals surface area (Å²) in [6.07, 6.45) is 0. The molecular weight excluding hydrogens is 386 g/mol. The van der Waals surface area contributed by atoms with Gasteiger partial charge in [0.25, 0.3) is 11.5 Å². The van der Waals surface area contributed by atoms with E-state index in [1.54, 1.807) is 24.3 Å². The Morgan fingerprint density at radius 2 is 1.83 bits per heavy atom. The van der Waals surface area contributed by atoms with E-state index in [0.29, 0.717) is 17.9 Å². The van der Waals surface area contributed by atoms with Crippen molar-refractivity contribution in [1.82, 2.24) is 9.55 Å². The molecule has 3 N–H and O–H groups in total. The first-order valence-electron chi connectivity index (χ1n) is 9.70. The zero-order chi connectivity index (χ0) is 22.4. The molecule has 0 unspecified atom stereocenters. The maximum atomic E-state index is 13.0. The number of nitrogen functional groups attached to an aromatic ring is 1. The lowest BCUT2D eigenvalue weighted by Gasteiger charge is -2.26. The van der Waals surface area contributed by atoms with Gasteiger partial charge in [-0.1, -0.05) is 27.7 Å². The average Bonchev–Trinajstić information content (AvgIpc) is 2.68. The molecule has 30 heavy (non-hydrogen) atoms. The van der Waals surface area contributed by atoms with Crippen LogP contribution >= 0.6 is 0 Å². The molecule has 2 rings (SSSR count). The standard InChI is InChI=1S/C21H27N5O4/c1-13(2)10-25(17(27)12-30-16-7-5-15(9-22)6-8-16)18-19(23)26(11-14(3)4)21(29)24-20(18)28/h5-8,13-14H,10-12,23H2,1-4H3,(H,24,28,29). The number of anilines is 2. The van der Waals surface area contributed by atoms with Gasteiger partial charge < -0.3 is 15.4 Å². The Kier molecular flexibility index (Phi) is 7.42. The van der Waals surface area contributed by atoms with Gasteiger partial charge in [0, 0.05) is 13.1 Å². The van der Waals surface area contributed by atoms with Crippen LogP contribution in [0, 0.1) is 23.2 Å². The SMILES string of the molecule is CC(C)CN(C(=O)COc1ccc(C#N)cc1)c1c(N)n(CC(C)C)c(=O)[nH]c1=O. The summed E-state index contributed by atoms with van der Waals surface area (Å²) in [6, 6.07) is 8.34. The third-order valence-corrected chi connectivity index (χ3v) is 4.23. The minimum Gasteiger partial charge on any atom is -0.484 e. The van der Waals surface area contributed by atoms with Crippen LogP contribution in [0.5, 0.6) is 5.75 Å². The first-order chi connectivity index (χ1) is 14.1. The van der Waals surface area contributed by atoms with Gasteiger partial charge in [-0.2, -0.15) is 5.26 Å². The molecule has 2 aromatic rings. The van der Waals surface area contributed by atoms with E-state index in [4.69, 9.17) is 15.7 Å². The number of benzene rings is 1. The molecule has 0 saturated heterocycles. The van der Waals surface area contributed by atoms with E-state index in [2.05, 4.69) is 4.98 Å². The Labute approximate surface area is 174 Å². The highest BCUT2D eigenvalue weighted by Crippen LogP contribution is 2.20. The molecule has 0 aliphatic carbocycles. The van der Waals surface area contributed by atoms with Gasteiger partial charge in [0.2, 0.25) is 0 Å². The number of hydrogen-bond acceptors (Lipinski definition) is 6. The third-order valence-electron chi connectivity index (χ3n) is 4.23. The van der Waals surface area contributed by atoms with Gasteiger partial charge in [-0.3, -0.25) is 19.1 Å². The predicted octanol–water partition coefficient (Wildman–Crippen LogP) is 1.71. The number of carbonyl (C=O) groups excluding carboxylic acids is 1. The summed E-state index contributed by atoms with van der Waals surface area (Å²) in [6.45, 7) is 7.83. The maximum Gasteiger partial charge on any atom is 0.330 e. The number of nitrogens with zero attached hydrogens (tertiary/aromatic N) is 3. The van der Waals surface area contributed by atoms with Crippen LogP contribution in [0.3, 0.4) is 0 Å². The summed E-state index contributed by atoms with van der Waals surface area (Å²) in [5.41, 5.74) is 5.25. The van der Waals surface area contributed by atoms with Crippen molar-refractivity contribution in [2.24, 2.45) is 11.8 Å². The first-order valence-corrected chi connectivity index (χ1v) is 9.70. The number of ether oxygens (including phenoxy) is 1. The van der Waals surface area contributed by atoms with Crippen molar-refractivity contribution in [2.45, 2.75) is 34.2 Å². The number of nitrogens with one attached hydrogen (secondary N) is 1. The van der Waals surface area contributed by atoms with Gasteiger partial charge in [0.1, 0.15) is 11.6 Å². The maximum absolute atomic E-state index is 13.0. The van der Waals surface area contributed by atoms with Crippen LogP contribution in [0.15, 0.2) is 33.9 Å². The molecule has 9 heteroatoms. The smallest absolute Gasteiger partial charge is 0.330 e. The number of hydrogen-bond donors (Lipinski definition) is 2. The second-order valence-electron chi connectivity index (χ2n) is 7.82. The molecule has 0 atom stereocenters. The highest BCUT2D eigenvalue weighted by molar-refractivity contribution is 5.96. The van der Waals surface area contributed by atoms with Gasteiger partial charge in [0.15, 0.2) is 12.3 Å². The zero-order valence-electron chi connectivity index (χ0n) is 17.6. The molecular formula is C21H27N5O4. The van der Waals surface area contributed by atoms with Crippen LogP contribution in [-0.4, -0.2) is 28.6 Å². The summed E-state index contributed by atoms with van der Waals surface area (Å²) in [5.74, 6) is 0.0363. The second-order valence-corrected chi connectivity index (χ2v) is 7.82. The minimum atomic E-state index is -0.718. The van der Waals surface area contributed by atoms with E-state index in [0.717, 1.165) is 0 Å². The summed E-state index contributed by atoms with van der Waals surface area (Å²) < 4.78 is 6.79. The summed E-state index contributed by atoms with van der Waals surface area (Å²) >= 11 is 0. The average molecular weight is 413 g/mol. The molecule has 0 fully saturated rings. The van der Waals surface area contributed by atoms with Crippen molar-refractivity contribution in [3.05, 3.63) is 50.7 Å². The molecule has 0 radical (unpaired) electrons. The molecule has 160 valence electrons. The monoisotopic (exact) mass is 413 g/mol. The molecule has 0 bridgehead atoms. The number of H-pyrrole nitrogens is 1. The molecule has 0 saturated carbocycles. The van der Waals surface area contributed by atoms with E-state index < -0.39 is 17.2 Å². The van der Waals surface area contributed by atoms with E-state index in [9.17, 15) is 14.4 Å². The van der Waals surface area contributed by atoms with E-state index in [-0.39, 0.29) is 36.5 Å². The minimum absolute atomic E-state index is 0.0353. The van der Waals surface area contributed by atoms with Crippen molar-refractivity contribution in [3.63, 3.8) is 0 Å². The van der Waals surface area contributed by atoms with Crippen LogP contribution in [0.4, 0.5) is 11.5 Å². The summed E-state index contributed by atoms with van der Waals surface area (Å²) in [5, 5.41) is 8.86. The highest BCUT2D eigenvalue weighted by Gasteiger charge is 2.25. The number of aromatic nitrogens is 2. The third kappa shape index (κ3) is 5.50. The quantitative estimate of drug-likeness (QED) is 0.677. The lowest BCUT2D eigenvalue weighted by molar-refractivity contribution is -0.120. The molecule has 0 aliphatic heterocycles. The molecule has 0 spiro atoms. The highest BCUT2D eigenvalue weighted by atomic mass is 16.5. The van der Waals surface area contributed by atoms with Crippen molar-refractivity contribution < 1.29 is 9.53 Å². The molecule has 9 nitrogen and oxygen atoms in total. The Morgan fingerprint density at radius 3 is 2.37 bits per heavy atom. The number of amides is 1. The summed E-state index contributed by atoms with van der Waals surface area (Å²) in [4.78, 5) is 41.2. The van der Waals surface area contributed by atoms with Crippen molar-refractivity contribution in [3.8, 4) is 11.8 Å². The number of aromatic amines is 1. The van der Waals surface area contributed by atoms with Gasteiger partial charge in [0.05, 0.1) is 11.6 Å². The number of carbonyl (C=O) groups is 1. The fraction of sp³-hybridized carbons (Fsp3) is 0.429.